The number of carbonyl (C=O) groups is 1. The first-order valence-electron chi connectivity index (χ1n) is 8.69. The number of non-ortho nitro benzene ring substituents is 1. The Balaban J connectivity index is 1.68. The highest BCUT2D eigenvalue weighted by molar-refractivity contribution is 5.92. The number of nitro benzene ring substituents is 1. The predicted molar refractivity (Wildman–Crippen MR) is 101 cm³/mol. The maximum absolute atomic E-state index is 12.3. The van der Waals surface area contributed by atoms with Crippen LogP contribution in [0.3, 0.4) is 0 Å². The number of hydrogen-bond donors (Lipinski definition) is 1. The summed E-state index contributed by atoms with van der Waals surface area (Å²) in [5, 5.41) is 13.8. The minimum absolute atomic E-state index is 0.0136. The second-order valence-electron chi connectivity index (χ2n) is 6.06. The van der Waals surface area contributed by atoms with Gasteiger partial charge in [0.15, 0.2) is 11.5 Å². The Morgan fingerprint density at radius 1 is 1.22 bits per heavy atom. The van der Waals surface area contributed by atoms with Gasteiger partial charge in [-0.15, -0.1) is 0 Å². The molecule has 7 nitrogen and oxygen atoms in total. The van der Waals surface area contributed by atoms with Crippen molar-refractivity contribution in [2.75, 3.05) is 13.2 Å². The summed E-state index contributed by atoms with van der Waals surface area (Å²) in [5.41, 5.74) is 1.51. The van der Waals surface area contributed by atoms with Crippen LogP contribution in [0.2, 0.25) is 0 Å². The minimum atomic E-state index is -0.466. The van der Waals surface area contributed by atoms with Crippen molar-refractivity contribution in [2.45, 2.75) is 19.4 Å². The van der Waals surface area contributed by atoms with Gasteiger partial charge < -0.3 is 14.8 Å². The molecule has 0 saturated heterocycles. The van der Waals surface area contributed by atoms with E-state index in [1.165, 1.54) is 18.2 Å². The summed E-state index contributed by atoms with van der Waals surface area (Å²) >= 11 is 0. The Morgan fingerprint density at radius 2 is 2.00 bits per heavy atom. The quantitative estimate of drug-likeness (QED) is 0.477. The van der Waals surface area contributed by atoms with Crippen molar-refractivity contribution in [3.63, 3.8) is 0 Å². The molecule has 2 aromatic rings. The second-order valence-corrected chi connectivity index (χ2v) is 6.06. The third kappa shape index (κ3) is 4.63. The summed E-state index contributed by atoms with van der Waals surface area (Å²) in [7, 11) is 0. The molecule has 140 valence electrons. The normalized spacial score (nSPS) is 14.0. The molecule has 2 aromatic carbocycles. The fraction of sp³-hybridized carbons (Fsp3) is 0.250. The van der Waals surface area contributed by atoms with Crippen LogP contribution in [-0.4, -0.2) is 24.0 Å². The number of nitro groups is 1. The highest BCUT2D eigenvalue weighted by atomic mass is 16.6. The van der Waals surface area contributed by atoms with Crippen LogP contribution >= 0.6 is 0 Å². The Hall–Kier alpha value is -3.35. The molecule has 0 spiro atoms. The van der Waals surface area contributed by atoms with E-state index in [9.17, 15) is 14.9 Å². The minimum Gasteiger partial charge on any atom is -0.486 e. The van der Waals surface area contributed by atoms with Crippen molar-refractivity contribution < 1.29 is 19.2 Å². The average molecular weight is 368 g/mol. The van der Waals surface area contributed by atoms with Crippen LogP contribution in [0.25, 0.3) is 6.08 Å². The topological polar surface area (TPSA) is 90.7 Å². The van der Waals surface area contributed by atoms with E-state index >= 15 is 0 Å². The lowest BCUT2D eigenvalue weighted by atomic mass is 10.0. The van der Waals surface area contributed by atoms with Gasteiger partial charge >= 0.3 is 0 Å². The number of benzene rings is 2. The first-order valence-corrected chi connectivity index (χ1v) is 8.69. The number of rotatable bonds is 6. The summed E-state index contributed by atoms with van der Waals surface area (Å²) in [6, 6.07) is 11.6. The summed E-state index contributed by atoms with van der Waals surface area (Å²) in [5.74, 6) is 1.11. The first kappa shape index (κ1) is 18.4. The summed E-state index contributed by atoms with van der Waals surface area (Å²) in [4.78, 5) is 22.6. The van der Waals surface area contributed by atoms with E-state index in [0.717, 1.165) is 5.56 Å². The van der Waals surface area contributed by atoms with Gasteiger partial charge in [0.2, 0.25) is 5.91 Å². The molecule has 1 aliphatic heterocycles. The van der Waals surface area contributed by atoms with Gasteiger partial charge in [-0.05, 0) is 35.8 Å². The molecule has 1 aliphatic rings. The van der Waals surface area contributed by atoms with E-state index in [0.29, 0.717) is 36.7 Å². The van der Waals surface area contributed by atoms with Gasteiger partial charge in [-0.2, -0.15) is 0 Å². The zero-order chi connectivity index (χ0) is 19.2. The highest BCUT2D eigenvalue weighted by Crippen LogP contribution is 2.33. The molecule has 27 heavy (non-hydrogen) atoms. The molecular weight excluding hydrogens is 348 g/mol. The monoisotopic (exact) mass is 368 g/mol. The number of carbonyl (C=O) groups excluding carboxylic acids is 1. The molecular formula is C20H20N2O5. The van der Waals surface area contributed by atoms with Crippen LogP contribution in [0.15, 0.2) is 48.5 Å². The van der Waals surface area contributed by atoms with E-state index in [2.05, 4.69) is 5.32 Å². The van der Waals surface area contributed by atoms with Gasteiger partial charge in [0.1, 0.15) is 13.2 Å². The van der Waals surface area contributed by atoms with Crippen molar-refractivity contribution in [3.8, 4) is 11.5 Å². The molecule has 1 amide bonds. The van der Waals surface area contributed by atoms with Gasteiger partial charge in [-0.1, -0.05) is 25.1 Å². The molecule has 7 heteroatoms. The molecule has 0 aromatic heterocycles. The Morgan fingerprint density at radius 3 is 2.74 bits per heavy atom. The van der Waals surface area contributed by atoms with Gasteiger partial charge in [0.05, 0.1) is 11.0 Å². The van der Waals surface area contributed by atoms with Crippen molar-refractivity contribution >= 4 is 17.7 Å². The van der Waals surface area contributed by atoms with Gasteiger partial charge in [-0.3, -0.25) is 14.9 Å². The molecule has 1 heterocycles. The molecule has 0 bridgehead atoms. The Bertz CT molecular complexity index is 878. The van der Waals surface area contributed by atoms with E-state index in [-0.39, 0.29) is 17.6 Å². The lowest BCUT2D eigenvalue weighted by Crippen LogP contribution is -2.26. The first-order chi connectivity index (χ1) is 13.1. The van der Waals surface area contributed by atoms with Crippen molar-refractivity contribution in [1.82, 2.24) is 5.32 Å². The Labute approximate surface area is 156 Å². The predicted octanol–water partition coefficient (Wildman–Crippen LogP) is 3.65. The van der Waals surface area contributed by atoms with Crippen LogP contribution in [0, 0.1) is 10.1 Å². The molecule has 3 rings (SSSR count). The summed E-state index contributed by atoms with van der Waals surface area (Å²) < 4.78 is 11.1. The summed E-state index contributed by atoms with van der Waals surface area (Å²) in [6.07, 6.45) is 3.63. The van der Waals surface area contributed by atoms with Crippen LogP contribution in [0.1, 0.15) is 30.5 Å². The number of hydrogen-bond acceptors (Lipinski definition) is 5. The zero-order valence-electron chi connectivity index (χ0n) is 14.9. The smallest absolute Gasteiger partial charge is 0.270 e. The SMILES string of the molecule is CCC(NC(=O)/C=C/c1cccc([N+](=O)[O-])c1)c1ccc2c(c1)OCCO2. The van der Waals surface area contributed by atoms with E-state index in [1.807, 2.05) is 25.1 Å². The summed E-state index contributed by atoms with van der Waals surface area (Å²) in [6.45, 7) is 3.01. The molecule has 1 atom stereocenters. The molecule has 1 unspecified atom stereocenters. The largest absolute Gasteiger partial charge is 0.486 e. The number of fused-ring (bicyclic) bond motifs is 1. The van der Waals surface area contributed by atoms with E-state index < -0.39 is 4.92 Å². The van der Waals surface area contributed by atoms with E-state index in [1.54, 1.807) is 18.2 Å². The van der Waals surface area contributed by atoms with Gasteiger partial charge in [-0.25, -0.2) is 0 Å². The molecule has 0 fully saturated rings. The molecule has 0 aliphatic carbocycles. The zero-order valence-corrected chi connectivity index (χ0v) is 14.9. The van der Waals surface area contributed by atoms with Crippen LogP contribution < -0.4 is 14.8 Å². The van der Waals surface area contributed by atoms with Crippen molar-refractivity contribution in [3.05, 3.63) is 69.8 Å². The van der Waals surface area contributed by atoms with E-state index in [4.69, 9.17) is 9.47 Å². The van der Waals surface area contributed by atoms with Crippen molar-refractivity contribution in [1.29, 1.82) is 0 Å². The Kier molecular flexibility index (Phi) is 5.71. The lowest BCUT2D eigenvalue weighted by Gasteiger charge is -2.22. The van der Waals surface area contributed by atoms with Gasteiger partial charge in [0.25, 0.3) is 5.69 Å². The van der Waals surface area contributed by atoms with Crippen LogP contribution in [-0.2, 0) is 4.79 Å². The van der Waals surface area contributed by atoms with Crippen molar-refractivity contribution in [2.24, 2.45) is 0 Å². The third-order valence-electron chi connectivity index (χ3n) is 4.20. The lowest BCUT2D eigenvalue weighted by molar-refractivity contribution is -0.384. The maximum Gasteiger partial charge on any atom is 0.270 e. The number of nitrogens with one attached hydrogen (secondary N) is 1. The van der Waals surface area contributed by atoms with Crippen LogP contribution in [0.5, 0.6) is 11.5 Å². The molecule has 0 radical (unpaired) electrons. The molecule has 0 saturated carbocycles. The third-order valence-corrected chi connectivity index (χ3v) is 4.20. The number of nitrogens with zero attached hydrogens (tertiary/aromatic N) is 1. The maximum atomic E-state index is 12.3. The average Bonchev–Trinajstić information content (AvgIpc) is 2.70. The number of ether oxygens (including phenoxy) is 2. The standard InChI is InChI=1S/C20H20N2O5/c1-2-17(15-7-8-18-19(13-15)27-11-10-26-18)21-20(23)9-6-14-4-3-5-16(12-14)22(24)25/h3-9,12-13,17H,2,10-11H2,1H3,(H,21,23)/b9-6+. The van der Waals surface area contributed by atoms with Gasteiger partial charge in [0, 0.05) is 18.2 Å². The fourth-order valence-electron chi connectivity index (χ4n) is 2.83. The second kappa shape index (κ2) is 8.35. The van der Waals surface area contributed by atoms with Crippen LogP contribution in [0.4, 0.5) is 5.69 Å². The highest BCUT2D eigenvalue weighted by Gasteiger charge is 2.17. The number of amides is 1. The fourth-order valence-corrected chi connectivity index (χ4v) is 2.83. The molecule has 1 N–H and O–H groups in total.